The molecule has 4 rings (SSSR count). The second-order valence-corrected chi connectivity index (χ2v) is 12.4. The van der Waals surface area contributed by atoms with Gasteiger partial charge in [0.2, 0.25) is 0 Å². The number of nitrogens with zero attached hydrogens (tertiary/aromatic N) is 5. The summed E-state index contributed by atoms with van der Waals surface area (Å²) in [5.41, 5.74) is 2.76. The highest BCUT2D eigenvalue weighted by Crippen LogP contribution is 2.39. The summed E-state index contributed by atoms with van der Waals surface area (Å²) in [6.45, 7) is 12.1. The lowest BCUT2D eigenvalue weighted by Gasteiger charge is -2.35. The summed E-state index contributed by atoms with van der Waals surface area (Å²) in [5, 5.41) is 9.85. The minimum Gasteiger partial charge on any atom is -0.372 e. The van der Waals surface area contributed by atoms with Gasteiger partial charge in [0.1, 0.15) is 5.00 Å². The Kier molecular flexibility index (Phi) is 10.9. The molecule has 3 amide bonds. The quantitative estimate of drug-likeness (QED) is 0.141. The summed E-state index contributed by atoms with van der Waals surface area (Å²) in [4.78, 5) is 32.4. The number of hydrogen-bond donors (Lipinski definition) is 0. The zero-order valence-electron chi connectivity index (χ0n) is 24.2. The smallest absolute Gasteiger partial charge is 0.327 e. The van der Waals surface area contributed by atoms with Crippen LogP contribution in [0, 0.1) is 0 Å². The van der Waals surface area contributed by atoms with Gasteiger partial charge in [0.15, 0.2) is 0 Å². The van der Waals surface area contributed by atoms with Crippen LogP contribution in [0.3, 0.4) is 0 Å². The molecule has 0 bridgehead atoms. The zero-order valence-corrected chi connectivity index (χ0v) is 25.8. The molecule has 1 fully saturated rings. The summed E-state index contributed by atoms with van der Waals surface area (Å²) in [6, 6.07) is 12.4. The second-order valence-electron chi connectivity index (χ2n) is 10.2. The van der Waals surface area contributed by atoms with E-state index in [4.69, 9.17) is 0 Å². The fourth-order valence-corrected chi connectivity index (χ4v) is 6.97. The topological polar surface area (TPSA) is 68.6 Å². The molecular formula is C31H41N5O2S2. The number of carbonyl (C=O) groups excluding carboxylic acids is 2. The molecule has 2 aromatic heterocycles. The van der Waals surface area contributed by atoms with Crippen LogP contribution in [-0.2, 0) is 4.79 Å². The SMILES string of the molecule is CCCCN(CCCC)c1ccc(/N=N/c2cc3sc(/C=C4/CN(CCC)C(=O)N(CCC)C4=O)cc3s2)cc1. The fourth-order valence-electron chi connectivity index (χ4n) is 4.78. The zero-order chi connectivity index (χ0) is 28.5. The van der Waals surface area contributed by atoms with Crippen LogP contribution in [-0.4, -0.2) is 54.5 Å². The van der Waals surface area contributed by atoms with Gasteiger partial charge in [-0.2, -0.15) is 0 Å². The number of benzene rings is 1. The van der Waals surface area contributed by atoms with Crippen LogP contribution in [0.25, 0.3) is 15.5 Å². The summed E-state index contributed by atoms with van der Waals surface area (Å²) < 4.78 is 2.25. The first-order chi connectivity index (χ1) is 19.5. The summed E-state index contributed by atoms with van der Waals surface area (Å²) in [6.07, 6.45) is 8.34. The van der Waals surface area contributed by atoms with Gasteiger partial charge in [0, 0.05) is 51.7 Å². The van der Waals surface area contributed by atoms with E-state index in [0.29, 0.717) is 25.2 Å². The molecule has 0 N–H and O–H groups in total. The lowest BCUT2D eigenvalue weighted by atomic mass is 10.1. The lowest BCUT2D eigenvalue weighted by molar-refractivity contribution is -0.126. The van der Waals surface area contributed by atoms with Crippen molar-refractivity contribution in [3.8, 4) is 0 Å². The monoisotopic (exact) mass is 579 g/mol. The fraction of sp³-hybridized carbons (Fsp3) is 0.484. The molecule has 214 valence electrons. The van der Waals surface area contributed by atoms with Crippen molar-refractivity contribution in [1.29, 1.82) is 0 Å². The van der Waals surface area contributed by atoms with E-state index in [1.807, 2.05) is 32.1 Å². The van der Waals surface area contributed by atoms with Crippen LogP contribution in [0.4, 0.5) is 21.2 Å². The molecule has 0 radical (unpaired) electrons. The number of unbranched alkanes of at least 4 members (excludes halogenated alkanes) is 2. The molecule has 0 spiro atoms. The van der Waals surface area contributed by atoms with E-state index in [9.17, 15) is 9.59 Å². The maximum atomic E-state index is 13.0. The van der Waals surface area contributed by atoms with Gasteiger partial charge in [-0.05, 0) is 68.2 Å². The predicted octanol–water partition coefficient (Wildman–Crippen LogP) is 9.25. The summed E-state index contributed by atoms with van der Waals surface area (Å²) in [7, 11) is 0. The lowest BCUT2D eigenvalue weighted by Crippen LogP contribution is -2.53. The number of carbonyl (C=O) groups is 2. The minimum atomic E-state index is -0.173. The van der Waals surface area contributed by atoms with Crippen LogP contribution in [0.1, 0.15) is 71.1 Å². The van der Waals surface area contributed by atoms with Crippen molar-refractivity contribution in [3.05, 3.63) is 46.8 Å². The Bertz CT molecular complexity index is 1300. The largest absolute Gasteiger partial charge is 0.372 e. The van der Waals surface area contributed by atoms with E-state index >= 15 is 0 Å². The van der Waals surface area contributed by atoms with E-state index in [1.165, 1.54) is 36.3 Å². The van der Waals surface area contributed by atoms with Gasteiger partial charge in [0.05, 0.1) is 12.2 Å². The van der Waals surface area contributed by atoms with E-state index in [2.05, 4.69) is 53.2 Å². The Balaban J connectivity index is 1.45. The number of hydrogen-bond acceptors (Lipinski definition) is 7. The van der Waals surface area contributed by atoms with Crippen molar-refractivity contribution in [2.24, 2.45) is 10.2 Å². The normalized spacial score (nSPS) is 15.3. The number of thiophene rings is 2. The van der Waals surface area contributed by atoms with Gasteiger partial charge in [-0.1, -0.05) is 40.5 Å². The second kappa shape index (κ2) is 14.6. The van der Waals surface area contributed by atoms with Crippen molar-refractivity contribution < 1.29 is 9.59 Å². The van der Waals surface area contributed by atoms with Crippen molar-refractivity contribution in [2.45, 2.75) is 66.2 Å². The molecule has 40 heavy (non-hydrogen) atoms. The minimum absolute atomic E-state index is 0.171. The molecule has 1 aliphatic rings. The van der Waals surface area contributed by atoms with Crippen LogP contribution in [0.5, 0.6) is 0 Å². The number of amides is 3. The molecule has 3 aromatic rings. The third-order valence-corrected chi connectivity index (χ3v) is 9.02. The molecule has 0 unspecified atom stereocenters. The predicted molar refractivity (Wildman–Crippen MR) is 170 cm³/mol. The average Bonchev–Trinajstić information content (AvgIpc) is 3.51. The molecule has 1 aromatic carbocycles. The van der Waals surface area contributed by atoms with Gasteiger partial charge in [0.25, 0.3) is 5.91 Å². The molecule has 1 aliphatic heterocycles. The highest BCUT2D eigenvalue weighted by molar-refractivity contribution is 7.30. The standard InChI is InChI=1S/C31H41N5O2S2/c1-5-9-17-34(18-10-6-2)25-13-11-24(12-14-25)32-33-29-21-28-27(40-29)20-26(39-28)19-23-22-35(15-7-3)31(38)36(16-8-4)30(23)37/h11-14,19-21H,5-10,15-18,22H2,1-4H3/b23-19-,33-32+. The van der Waals surface area contributed by atoms with Gasteiger partial charge >= 0.3 is 6.03 Å². The molecule has 3 heterocycles. The molecular weight excluding hydrogens is 539 g/mol. The molecule has 0 atom stereocenters. The van der Waals surface area contributed by atoms with Crippen LogP contribution >= 0.6 is 22.7 Å². The molecule has 0 saturated carbocycles. The van der Waals surface area contributed by atoms with Gasteiger partial charge in [-0.3, -0.25) is 9.69 Å². The Morgan fingerprint density at radius 1 is 0.850 bits per heavy atom. The maximum Gasteiger partial charge on any atom is 0.327 e. The number of anilines is 1. The first-order valence-corrected chi connectivity index (χ1v) is 16.2. The van der Waals surface area contributed by atoms with Gasteiger partial charge in [-0.25, -0.2) is 4.79 Å². The van der Waals surface area contributed by atoms with Crippen LogP contribution < -0.4 is 4.90 Å². The number of fused-ring (bicyclic) bond motifs is 1. The molecule has 7 nitrogen and oxygen atoms in total. The van der Waals surface area contributed by atoms with Crippen LogP contribution in [0.2, 0.25) is 0 Å². The number of azo groups is 1. The summed E-state index contributed by atoms with van der Waals surface area (Å²) in [5.74, 6) is -0.171. The Labute approximate surface area is 246 Å². The number of imide groups is 1. The first kappa shape index (κ1) is 29.9. The van der Waals surface area contributed by atoms with Crippen molar-refractivity contribution in [1.82, 2.24) is 9.80 Å². The van der Waals surface area contributed by atoms with Crippen molar-refractivity contribution in [2.75, 3.05) is 37.6 Å². The van der Waals surface area contributed by atoms with E-state index in [-0.39, 0.29) is 11.9 Å². The van der Waals surface area contributed by atoms with E-state index < -0.39 is 0 Å². The highest BCUT2D eigenvalue weighted by atomic mass is 32.1. The molecule has 9 heteroatoms. The van der Waals surface area contributed by atoms with Crippen molar-refractivity contribution in [3.63, 3.8) is 0 Å². The van der Waals surface area contributed by atoms with Gasteiger partial charge < -0.3 is 9.80 Å². The van der Waals surface area contributed by atoms with E-state index in [1.54, 1.807) is 27.6 Å². The Morgan fingerprint density at radius 3 is 2.15 bits per heavy atom. The Hall–Kier alpha value is -3.04. The highest BCUT2D eigenvalue weighted by Gasteiger charge is 2.34. The summed E-state index contributed by atoms with van der Waals surface area (Å²) >= 11 is 3.23. The molecule has 1 saturated heterocycles. The average molecular weight is 580 g/mol. The maximum absolute atomic E-state index is 13.0. The van der Waals surface area contributed by atoms with Crippen LogP contribution in [0.15, 0.2) is 52.2 Å². The van der Waals surface area contributed by atoms with E-state index in [0.717, 1.165) is 50.9 Å². The van der Waals surface area contributed by atoms with Crippen molar-refractivity contribution >= 4 is 66.5 Å². The number of urea groups is 1. The molecule has 0 aliphatic carbocycles. The van der Waals surface area contributed by atoms with Gasteiger partial charge in [-0.15, -0.1) is 32.9 Å². The number of rotatable bonds is 14. The third kappa shape index (κ3) is 7.37. The Morgan fingerprint density at radius 2 is 1.52 bits per heavy atom. The first-order valence-electron chi connectivity index (χ1n) is 14.6. The third-order valence-electron chi connectivity index (χ3n) is 6.89.